The van der Waals surface area contributed by atoms with Crippen LogP contribution in [-0.4, -0.2) is 36.6 Å². The lowest BCUT2D eigenvalue weighted by atomic mass is 9.87. The second-order valence-corrected chi connectivity index (χ2v) is 6.78. The van der Waals surface area contributed by atoms with Gasteiger partial charge in [-0.25, -0.2) is 8.42 Å². The molecule has 0 aromatic rings. The summed E-state index contributed by atoms with van der Waals surface area (Å²) < 4.78 is 24.8. The predicted octanol–water partition coefficient (Wildman–Crippen LogP) is 0.324. The van der Waals surface area contributed by atoms with Crippen molar-refractivity contribution in [2.45, 2.75) is 31.3 Å². The molecule has 1 saturated carbocycles. The summed E-state index contributed by atoms with van der Waals surface area (Å²) in [6.45, 7) is 0.618. The molecule has 0 aromatic heterocycles. The smallest absolute Gasteiger partial charge is 0.228 e. The number of rotatable bonds is 2. The topological polar surface area (TPSA) is 63.4 Å². The maximum Gasteiger partial charge on any atom is 0.228 e. The van der Waals surface area contributed by atoms with E-state index < -0.39 is 10.0 Å². The SMILES string of the molecule is NC1CC2CC(C1)N(S(=O)(=O)CCl)C2. The van der Waals surface area contributed by atoms with Crippen molar-refractivity contribution in [3.05, 3.63) is 0 Å². The third-order valence-corrected chi connectivity index (χ3v) is 5.42. The van der Waals surface area contributed by atoms with Crippen molar-refractivity contribution >= 4 is 21.6 Å². The Hall–Kier alpha value is 0.160. The third-order valence-electron chi connectivity index (χ3n) is 3.16. The molecule has 6 heteroatoms. The highest BCUT2D eigenvalue weighted by Crippen LogP contribution is 2.36. The summed E-state index contributed by atoms with van der Waals surface area (Å²) in [6, 6.07) is 0.266. The minimum atomic E-state index is -3.23. The van der Waals surface area contributed by atoms with Gasteiger partial charge in [-0.1, -0.05) is 0 Å². The molecule has 82 valence electrons. The Morgan fingerprint density at radius 2 is 2.07 bits per heavy atom. The highest BCUT2D eigenvalue weighted by molar-refractivity contribution is 7.90. The summed E-state index contributed by atoms with van der Waals surface area (Å²) in [4.78, 5) is 0. The molecule has 0 spiro atoms. The molecular weight excluding hydrogens is 224 g/mol. The normalized spacial score (nSPS) is 38.9. The molecule has 1 heterocycles. The number of halogens is 1. The van der Waals surface area contributed by atoms with Gasteiger partial charge in [0.05, 0.1) is 0 Å². The van der Waals surface area contributed by atoms with Gasteiger partial charge in [0.1, 0.15) is 5.21 Å². The zero-order valence-electron chi connectivity index (χ0n) is 7.89. The van der Waals surface area contributed by atoms with E-state index in [9.17, 15) is 8.42 Å². The quantitative estimate of drug-likeness (QED) is 0.705. The number of nitrogens with two attached hydrogens (primary N) is 1. The van der Waals surface area contributed by atoms with Crippen molar-refractivity contribution in [3.8, 4) is 0 Å². The molecule has 1 aliphatic heterocycles. The van der Waals surface area contributed by atoms with Crippen LogP contribution in [0.15, 0.2) is 0 Å². The molecule has 2 fully saturated rings. The molecule has 2 N–H and O–H groups in total. The lowest BCUT2D eigenvalue weighted by Crippen LogP contribution is -2.39. The van der Waals surface area contributed by atoms with Crippen molar-refractivity contribution in [2.24, 2.45) is 11.7 Å². The van der Waals surface area contributed by atoms with Crippen LogP contribution in [0.4, 0.5) is 0 Å². The first-order chi connectivity index (χ1) is 6.53. The summed E-state index contributed by atoms with van der Waals surface area (Å²) in [5, 5.41) is -0.314. The van der Waals surface area contributed by atoms with Crippen molar-refractivity contribution in [3.63, 3.8) is 0 Å². The Morgan fingerprint density at radius 3 is 2.71 bits per heavy atom. The maximum atomic E-state index is 11.6. The van der Waals surface area contributed by atoms with Crippen LogP contribution < -0.4 is 5.73 Å². The molecule has 14 heavy (non-hydrogen) atoms. The van der Waals surface area contributed by atoms with Crippen molar-refractivity contribution in [1.82, 2.24) is 4.31 Å². The fraction of sp³-hybridized carbons (Fsp3) is 1.00. The Kier molecular flexibility index (Phi) is 2.76. The lowest BCUT2D eigenvalue weighted by molar-refractivity contribution is 0.329. The van der Waals surface area contributed by atoms with Gasteiger partial charge in [-0.05, 0) is 25.2 Å². The first kappa shape index (κ1) is 10.7. The van der Waals surface area contributed by atoms with Gasteiger partial charge in [0, 0.05) is 18.6 Å². The summed E-state index contributed by atoms with van der Waals surface area (Å²) in [5.41, 5.74) is 5.85. The van der Waals surface area contributed by atoms with Crippen LogP contribution in [0.5, 0.6) is 0 Å². The van der Waals surface area contributed by atoms with Gasteiger partial charge in [0.25, 0.3) is 0 Å². The molecule has 2 bridgehead atoms. The zero-order chi connectivity index (χ0) is 10.3. The molecule has 0 radical (unpaired) electrons. The van der Waals surface area contributed by atoms with Gasteiger partial charge in [0.15, 0.2) is 0 Å². The zero-order valence-corrected chi connectivity index (χ0v) is 9.47. The van der Waals surface area contributed by atoms with E-state index in [-0.39, 0.29) is 17.3 Å². The predicted molar refractivity (Wildman–Crippen MR) is 55.5 cm³/mol. The molecule has 0 amide bonds. The van der Waals surface area contributed by atoms with Crippen molar-refractivity contribution < 1.29 is 8.42 Å². The van der Waals surface area contributed by atoms with E-state index in [0.717, 1.165) is 19.3 Å². The number of hydrogen-bond acceptors (Lipinski definition) is 3. The first-order valence-corrected chi connectivity index (χ1v) is 6.98. The van der Waals surface area contributed by atoms with Gasteiger partial charge < -0.3 is 5.73 Å². The molecule has 1 aliphatic carbocycles. The highest BCUT2D eigenvalue weighted by atomic mass is 35.5. The first-order valence-electron chi connectivity index (χ1n) is 4.84. The molecule has 4 nitrogen and oxygen atoms in total. The fourth-order valence-electron chi connectivity index (χ4n) is 2.64. The van der Waals surface area contributed by atoms with E-state index >= 15 is 0 Å². The van der Waals surface area contributed by atoms with E-state index in [1.807, 2.05) is 0 Å². The molecule has 0 aromatic carbocycles. The van der Waals surface area contributed by atoms with Crippen LogP contribution in [-0.2, 0) is 10.0 Å². The molecule has 3 unspecified atom stereocenters. The average Bonchev–Trinajstić information content (AvgIpc) is 2.42. The number of alkyl halides is 1. The second-order valence-electron chi connectivity index (χ2n) is 4.28. The Morgan fingerprint density at radius 1 is 1.36 bits per heavy atom. The van der Waals surface area contributed by atoms with Gasteiger partial charge in [-0.2, -0.15) is 4.31 Å². The van der Waals surface area contributed by atoms with Gasteiger partial charge in [-0.15, -0.1) is 11.6 Å². The third kappa shape index (κ3) is 1.78. The molecule has 3 atom stereocenters. The van der Waals surface area contributed by atoms with Gasteiger partial charge >= 0.3 is 0 Å². The van der Waals surface area contributed by atoms with Crippen LogP contribution in [0.1, 0.15) is 19.3 Å². The maximum absolute atomic E-state index is 11.6. The van der Waals surface area contributed by atoms with Crippen LogP contribution in [0.3, 0.4) is 0 Å². The average molecular weight is 239 g/mol. The monoisotopic (exact) mass is 238 g/mol. The number of sulfonamides is 1. The number of hydrogen-bond donors (Lipinski definition) is 1. The lowest BCUT2D eigenvalue weighted by Gasteiger charge is -2.26. The Bertz CT molecular complexity index is 319. The molecule has 1 saturated heterocycles. The van der Waals surface area contributed by atoms with Gasteiger partial charge in [-0.3, -0.25) is 0 Å². The number of fused-ring (bicyclic) bond motifs is 2. The number of nitrogens with zero attached hydrogens (tertiary/aromatic N) is 1. The highest BCUT2D eigenvalue weighted by Gasteiger charge is 2.43. The largest absolute Gasteiger partial charge is 0.328 e. The van der Waals surface area contributed by atoms with Crippen LogP contribution in [0.2, 0.25) is 0 Å². The van der Waals surface area contributed by atoms with Crippen molar-refractivity contribution in [2.75, 3.05) is 11.8 Å². The molecule has 2 aliphatic rings. The molecular formula is C8H15ClN2O2S. The summed E-state index contributed by atoms with van der Waals surface area (Å²) in [6.07, 6.45) is 2.70. The van der Waals surface area contributed by atoms with E-state index in [4.69, 9.17) is 17.3 Å². The molecule has 2 rings (SSSR count). The fourth-order valence-corrected chi connectivity index (χ4v) is 4.21. The van der Waals surface area contributed by atoms with Crippen LogP contribution in [0.25, 0.3) is 0 Å². The van der Waals surface area contributed by atoms with E-state index in [0.29, 0.717) is 12.5 Å². The minimum absolute atomic E-state index is 0.104. The summed E-state index contributed by atoms with van der Waals surface area (Å²) in [7, 11) is -3.23. The summed E-state index contributed by atoms with van der Waals surface area (Å²) >= 11 is 5.44. The van der Waals surface area contributed by atoms with Crippen LogP contribution >= 0.6 is 11.6 Å². The Labute approximate surface area is 89.4 Å². The minimum Gasteiger partial charge on any atom is -0.328 e. The van der Waals surface area contributed by atoms with Gasteiger partial charge in [0.2, 0.25) is 10.0 Å². The summed E-state index contributed by atoms with van der Waals surface area (Å²) in [5.74, 6) is 0.446. The standard InChI is InChI=1S/C8H15ClN2O2S/c9-5-14(12,13)11-4-6-1-7(10)3-8(11)2-6/h6-8H,1-5,10H2. The van der Waals surface area contributed by atoms with E-state index in [1.54, 1.807) is 4.31 Å². The Balaban J connectivity index is 2.17. The second kappa shape index (κ2) is 3.63. The van der Waals surface area contributed by atoms with Crippen LogP contribution in [0, 0.1) is 5.92 Å². The van der Waals surface area contributed by atoms with E-state index in [1.165, 1.54) is 0 Å². The van der Waals surface area contributed by atoms with E-state index in [2.05, 4.69) is 0 Å². The van der Waals surface area contributed by atoms with Crippen molar-refractivity contribution in [1.29, 1.82) is 0 Å².